The van der Waals surface area contributed by atoms with E-state index in [2.05, 4.69) is 22.2 Å². The summed E-state index contributed by atoms with van der Waals surface area (Å²) in [6.45, 7) is 7.59. The lowest BCUT2D eigenvalue weighted by Crippen LogP contribution is -2.43. The highest BCUT2D eigenvalue weighted by Gasteiger charge is 2.36. The highest BCUT2D eigenvalue weighted by atomic mass is 19.4. The van der Waals surface area contributed by atoms with Crippen LogP contribution in [0.15, 0.2) is 30.7 Å². The van der Waals surface area contributed by atoms with Crippen molar-refractivity contribution in [1.82, 2.24) is 19.9 Å². The quantitative estimate of drug-likeness (QED) is 0.371. The fraction of sp³-hybridized carbons (Fsp3) is 0.538. The van der Waals surface area contributed by atoms with Gasteiger partial charge in [0, 0.05) is 24.3 Å². The molecule has 190 valence electrons. The summed E-state index contributed by atoms with van der Waals surface area (Å²) in [5.74, 6) is 0.159. The summed E-state index contributed by atoms with van der Waals surface area (Å²) in [6, 6.07) is 4.53. The molecule has 0 saturated carbocycles. The van der Waals surface area contributed by atoms with Gasteiger partial charge in [0.2, 0.25) is 0 Å². The number of halogens is 5. The Hall–Kier alpha value is -2.55. The van der Waals surface area contributed by atoms with Crippen LogP contribution < -0.4 is 5.32 Å². The number of nitrogens with one attached hydrogen (secondary N) is 1. The average molecular weight is 495 g/mol. The van der Waals surface area contributed by atoms with Gasteiger partial charge in [0.25, 0.3) is 6.43 Å². The maximum absolute atomic E-state index is 14.0. The predicted octanol–water partition coefficient (Wildman–Crippen LogP) is 7.13. The first-order chi connectivity index (χ1) is 16.5. The predicted molar refractivity (Wildman–Crippen MR) is 126 cm³/mol. The smallest absolute Gasteiger partial charge is 0.328 e. The normalized spacial score (nSPS) is 21.4. The van der Waals surface area contributed by atoms with Gasteiger partial charge in [-0.2, -0.15) is 13.2 Å². The summed E-state index contributed by atoms with van der Waals surface area (Å²) in [4.78, 5) is 8.24. The third-order valence-electron chi connectivity index (χ3n) is 7.06. The van der Waals surface area contributed by atoms with Crippen LogP contribution in [0.1, 0.15) is 86.4 Å². The van der Waals surface area contributed by atoms with Crippen molar-refractivity contribution in [3.8, 4) is 0 Å². The van der Waals surface area contributed by atoms with Crippen LogP contribution in [0.3, 0.4) is 0 Å². The van der Waals surface area contributed by atoms with Gasteiger partial charge in [-0.3, -0.25) is 4.98 Å². The van der Waals surface area contributed by atoms with Crippen molar-refractivity contribution < 1.29 is 22.0 Å². The van der Waals surface area contributed by atoms with Gasteiger partial charge < -0.3 is 9.88 Å². The van der Waals surface area contributed by atoms with Gasteiger partial charge in [0.05, 0.1) is 22.9 Å². The molecule has 1 aliphatic rings. The molecule has 1 fully saturated rings. The Bertz CT molecular complexity index is 1170. The Morgan fingerprint density at radius 3 is 2.49 bits per heavy atom. The van der Waals surface area contributed by atoms with Gasteiger partial charge >= 0.3 is 6.18 Å². The standard InChI is InChI=1S/C26H31F5N4/c1-14(2)35-13-33-23-16(4)17(11-21(24(23)35)26(29,30)31)5-7-20-10-19(9-15(3)34-20)18-6-8-22(25(27)28)32-12-18/h6,8,11-15,19-20,25,34H,5,7,9-10H2,1-4H3. The van der Waals surface area contributed by atoms with E-state index in [1.54, 1.807) is 10.6 Å². The number of aryl methyl sites for hydroxylation is 2. The zero-order chi connectivity index (χ0) is 25.5. The van der Waals surface area contributed by atoms with E-state index in [9.17, 15) is 22.0 Å². The van der Waals surface area contributed by atoms with Gasteiger partial charge in [-0.1, -0.05) is 6.07 Å². The van der Waals surface area contributed by atoms with Crippen molar-refractivity contribution in [2.75, 3.05) is 0 Å². The molecule has 0 amide bonds. The average Bonchev–Trinajstić information content (AvgIpc) is 3.23. The van der Waals surface area contributed by atoms with Crippen molar-refractivity contribution in [3.63, 3.8) is 0 Å². The SMILES string of the molecule is Cc1c(CCC2CC(c3ccc(C(F)F)nc3)CC(C)N2)cc(C(F)(F)F)c2c1ncn2C(C)C. The molecule has 4 rings (SSSR count). The number of hydrogen-bond acceptors (Lipinski definition) is 3. The second-order valence-electron chi connectivity index (χ2n) is 9.94. The number of rotatable bonds is 6. The molecule has 35 heavy (non-hydrogen) atoms. The molecule has 0 bridgehead atoms. The number of fused-ring (bicyclic) bond motifs is 1. The number of nitrogens with zero attached hydrogens (tertiary/aromatic N) is 3. The van der Waals surface area contributed by atoms with E-state index in [0.29, 0.717) is 23.9 Å². The Morgan fingerprint density at radius 1 is 1.14 bits per heavy atom. The lowest BCUT2D eigenvalue weighted by Gasteiger charge is -2.35. The maximum Gasteiger partial charge on any atom is 0.418 e. The van der Waals surface area contributed by atoms with Crippen LogP contribution in [-0.4, -0.2) is 26.6 Å². The summed E-state index contributed by atoms with van der Waals surface area (Å²) in [7, 11) is 0. The van der Waals surface area contributed by atoms with Crippen molar-refractivity contribution in [1.29, 1.82) is 0 Å². The van der Waals surface area contributed by atoms with Gasteiger partial charge in [-0.05, 0) is 88.1 Å². The minimum Gasteiger partial charge on any atom is -0.328 e. The molecule has 3 aromatic rings. The van der Waals surface area contributed by atoms with Crippen LogP contribution in [0.2, 0.25) is 0 Å². The zero-order valence-electron chi connectivity index (χ0n) is 20.3. The Morgan fingerprint density at radius 2 is 1.89 bits per heavy atom. The lowest BCUT2D eigenvalue weighted by molar-refractivity contribution is -0.136. The molecular formula is C26H31F5N4. The monoisotopic (exact) mass is 494 g/mol. The number of imidazole rings is 1. The largest absolute Gasteiger partial charge is 0.418 e. The highest BCUT2D eigenvalue weighted by molar-refractivity contribution is 5.84. The third-order valence-corrected chi connectivity index (χ3v) is 7.06. The molecule has 0 radical (unpaired) electrons. The van der Waals surface area contributed by atoms with E-state index >= 15 is 0 Å². The van der Waals surface area contributed by atoms with Gasteiger partial charge in [0.15, 0.2) is 0 Å². The van der Waals surface area contributed by atoms with Crippen molar-refractivity contribution >= 4 is 11.0 Å². The van der Waals surface area contributed by atoms with E-state index in [4.69, 9.17) is 0 Å². The summed E-state index contributed by atoms with van der Waals surface area (Å²) in [5.41, 5.74) is 2.00. The topological polar surface area (TPSA) is 42.7 Å². The Kier molecular flexibility index (Phi) is 7.18. The Balaban J connectivity index is 1.56. The molecule has 3 unspecified atom stereocenters. The van der Waals surface area contributed by atoms with Crippen molar-refractivity contribution in [2.45, 2.75) is 90.0 Å². The number of benzene rings is 1. The van der Waals surface area contributed by atoms with E-state index < -0.39 is 18.2 Å². The molecule has 1 N–H and O–H groups in total. The van der Waals surface area contributed by atoms with Crippen LogP contribution in [0, 0.1) is 6.92 Å². The number of piperidine rings is 1. The van der Waals surface area contributed by atoms with E-state index in [0.717, 1.165) is 24.0 Å². The fourth-order valence-electron chi connectivity index (χ4n) is 5.27. The molecule has 0 aliphatic carbocycles. The van der Waals surface area contributed by atoms with Gasteiger partial charge in [0.1, 0.15) is 5.69 Å². The molecule has 1 aliphatic heterocycles. The van der Waals surface area contributed by atoms with Crippen LogP contribution in [0.4, 0.5) is 22.0 Å². The number of pyridine rings is 1. The molecule has 4 nitrogen and oxygen atoms in total. The lowest BCUT2D eigenvalue weighted by atomic mass is 9.82. The molecule has 1 aromatic carbocycles. The molecule has 3 atom stereocenters. The first kappa shape index (κ1) is 25.5. The first-order valence-electron chi connectivity index (χ1n) is 12.0. The van der Waals surface area contributed by atoms with E-state index in [1.165, 1.54) is 24.7 Å². The summed E-state index contributed by atoms with van der Waals surface area (Å²) in [6.07, 6.45) is -1.29. The number of alkyl halides is 5. The molecule has 1 saturated heterocycles. The van der Waals surface area contributed by atoms with Crippen LogP contribution in [-0.2, 0) is 12.6 Å². The Labute approximate surface area is 202 Å². The molecule has 3 heterocycles. The van der Waals surface area contributed by atoms with Gasteiger partial charge in [-0.15, -0.1) is 0 Å². The molecule has 0 spiro atoms. The van der Waals surface area contributed by atoms with Crippen molar-refractivity contribution in [3.05, 3.63) is 58.7 Å². The van der Waals surface area contributed by atoms with Crippen LogP contribution >= 0.6 is 0 Å². The molecular weight excluding hydrogens is 463 g/mol. The second-order valence-corrected chi connectivity index (χ2v) is 9.94. The summed E-state index contributed by atoms with van der Waals surface area (Å²) in [5, 5.41) is 3.55. The maximum atomic E-state index is 14.0. The molecule has 2 aromatic heterocycles. The van der Waals surface area contributed by atoms with Crippen LogP contribution in [0.25, 0.3) is 11.0 Å². The zero-order valence-corrected chi connectivity index (χ0v) is 20.3. The minimum absolute atomic E-state index is 0.0937. The second kappa shape index (κ2) is 9.84. The minimum atomic E-state index is -4.48. The van der Waals surface area contributed by atoms with E-state index in [1.807, 2.05) is 20.8 Å². The third kappa shape index (κ3) is 5.34. The van der Waals surface area contributed by atoms with Crippen LogP contribution in [0.5, 0.6) is 0 Å². The van der Waals surface area contributed by atoms with E-state index in [-0.39, 0.29) is 35.3 Å². The highest BCUT2D eigenvalue weighted by Crippen LogP contribution is 2.39. The summed E-state index contributed by atoms with van der Waals surface area (Å²) < 4.78 is 69.3. The fourth-order valence-corrected chi connectivity index (χ4v) is 5.27. The number of aromatic nitrogens is 3. The van der Waals surface area contributed by atoms with Crippen molar-refractivity contribution in [2.24, 2.45) is 0 Å². The molecule has 9 heteroatoms. The summed E-state index contributed by atoms with van der Waals surface area (Å²) >= 11 is 0. The first-order valence-corrected chi connectivity index (χ1v) is 12.0. The van der Waals surface area contributed by atoms with Gasteiger partial charge in [-0.25, -0.2) is 13.8 Å². The number of hydrogen-bond donors (Lipinski definition) is 1.